The molecule has 4 aromatic rings. The Hall–Kier alpha value is -3.21. The van der Waals surface area contributed by atoms with Crippen LogP contribution in [0.25, 0.3) is 6.08 Å². The van der Waals surface area contributed by atoms with Crippen molar-refractivity contribution in [2.75, 3.05) is 11.9 Å². The first kappa shape index (κ1) is 25.4. The van der Waals surface area contributed by atoms with E-state index in [-0.39, 0.29) is 11.5 Å². The van der Waals surface area contributed by atoms with Crippen LogP contribution >= 0.6 is 43.2 Å². The summed E-state index contributed by atoms with van der Waals surface area (Å²) in [5.74, 6) is 0.905. The molecule has 3 heterocycles. The maximum absolute atomic E-state index is 13.7. The van der Waals surface area contributed by atoms with E-state index in [1.54, 1.807) is 23.6 Å². The van der Waals surface area contributed by atoms with Crippen LogP contribution in [0.15, 0.2) is 95.3 Å². The number of nitrogens with zero attached hydrogens (tertiary/aromatic N) is 2. The molecule has 1 N–H and O–H groups in total. The fraction of sp³-hybridized carbons (Fsp3) is 0.148. The number of halogens is 2. The van der Waals surface area contributed by atoms with E-state index in [2.05, 4.69) is 42.2 Å². The molecule has 0 unspecified atom stereocenters. The lowest BCUT2D eigenvalue weighted by atomic mass is 9.95. The van der Waals surface area contributed by atoms with Crippen LogP contribution in [0, 0.1) is 0 Å². The Morgan fingerprint density at radius 3 is 2.57 bits per heavy atom. The van der Waals surface area contributed by atoms with E-state index in [9.17, 15) is 9.59 Å². The summed E-state index contributed by atoms with van der Waals surface area (Å²) in [6.07, 6.45) is 1.68. The third kappa shape index (κ3) is 5.14. The molecule has 5 rings (SSSR count). The van der Waals surface area contributed by atoms with E-state index in [0.717, 1.165) is 10.0 Å². The minimum atomic E-state index is -0.673. The van der Waals surface area contributed by atoms with Crippen LogP contribution in [-0.2, 0) is 4.79 Å². The molecule has 2 aromatic heterocycles. The predicted octanol–water partition coefficient (Wildman–Crippen LogP) is 5.39. The Morgan fingerprint density at radius 2 is 1.92 bits per heavy atom. The lowest BCUT2D eigenvalue weighted by molar-refractivity contribution is -0.113. The van der Waals surface area contributed by atoms with Gasteiger partial charge in [-0.3, -0.25) is 14.2 Å². The average molecular weight is 643 g/mol. The molecule has 0 saturated carbocycles. The summed E-state index contributed by atoms with van der Waals surface area (Å²) in [5, 5.41) is 2.95. The molecule has 1 amide bonds. The first-order valence-electron chi connectivity index (χ1n) is 11.4. The van der Waals surface area contributed by atoms with Gasteiger partial charge in [0.2, 0.25) is 0 Å². The van der Waals surface area contributed by atoms with Crippen molar-refractivity contribution in [1.29, 1.82) is 0 Å². The number of hydrogen-bond acceptors (Lipinski definition) is 6. The molecule has 0 saturated heterocycles. The average Bonchev–Trinajstić information content (AvgIpc) is 3.36. The minimum Gasteiger partial charge on any atom is -0.494 e. The SMILES string of the molecule is CCOc1ccc([C@@H]2C(C(=O)Nc3ccccc3)=C(C)N=c3s/c(=C/c4cc(Br)c(Br)o4)c(=O)n32)cc1. The highest BCUT2D eigenvalue weighted by Gasteiger charge is 2.32. The van der Waals surface area contributed by atoms with Gasteiger partial charge in [0.15, 0.2) is 9.47 Å². The third-order valence-electron chi connectivity index (χ3n) is 5.74. The van der Waals surface area contributed by atoms with Crippen LogP contribution in [0.2, 0.25) is 0 Å². The molecule has 7 nitrogen and oxygen atoms in total. The first-order valence-corrected chi connectivity index (χ1v) is 13.8. The number of carbonyl (C=O) groups is 1. The molecule has 37 heavy (non-hydrogen) atoms. The van der Waals surface area contributed by atoms with Crippen LogP contribution in [0.3, 0.4) is 0 Å². The number of anilines is 1. The number of rotatable bonds is 6. The van der Waals surface area contributed by atoms with E-state index in [1.165, 1.54) is 11.3 Å². The van der Waals surface area contributed by atoms with Gasteiger partial charge in [0, 0.05) is 11.8 Å². The zero-order valence-corrected chi connectivity index (χ0v) is 23.8. The number of aromatic nitrogens is 1. The van der Waals surface area contributed by atoms with Crippen LogP contribution in [0.4, 0.5) is 5.69 Å². The standard InChI is InChI=1S/C27H21Br2N3O4S/c1-3-35-18-11-9-16(10-12-18)23-22(25(33)31-17-7-5-4-6-8-17)15(2)30-27-32(23)26(34)21(37-27)14-19-13-20(28)24(29)36-19/h4-14,23H,3H2,1-2H3,(H,31,33)/b21-14+/t23-/m1/s1. The second-order valence-corrected chi connectivity index (χ2v) is 10.8. The van der Waals surface area contributed by atoms with Gasteiger partial charge in [-0.05, 0) is 81.6 Å². The largest absolute Gasteiger partial charge is 0.494 e. The number of hydrogen-bond donors (Lipinski definition) is 1. The number of benzene rings is 2. The van der Waals surface area contributed by atoms with Gasteiger partial charge in [0.25, 0.3) is 11.5 Å². The third-order valence-corrected chi connectivity index (χ3v) is 8.44. The molecular formula is C27H21Br2N3O4S. The molecule has 1 aliphatic heterocycles. The first-order chi connectivity index (χ1) is 17.9. The normalized spacial score (nSPS) is 15.4. The maximum Gasteiger partial charge on any atom is 0.271 e. The highest BCUT2D eigenvalue weighted by Crippen LogP contribution is 2.32. The summed E-state index contributed by atoms with van der Waals surface area (Å²) in [6, 6.07) is 17.7. The fourth-order valence-corrected chi connectivity index (χ4v) is 5.76. The molecule has 0 bridgehead atoms. The lowest BCUT2D eigenvalue weighted by Gasteiger charge is -2.25. The zero-order chi connectivity index (χ0) is 26.1. The van der Waals surface area contributed by atoms with Crippen molar-refractivity contribution in [3.63, 3.8) is 0 Å². The van der Waals surface area contributed by atoms with Gasteiger partial charge in [-0.15, -0.1) is 0 Å². The number of furan rings is 1. The Labute approximate surface area is 233 Å². The highest BCUT2D eigenvalue weighted by molar-refractivity contribution is 9.13. The molecule has 1 atom stereocenters. The minimum absolute atomic E-state index is 0.260. The maximum atomic E-state index is 13.7. The summed E-state index contributed by atoms with van der Waals surface area (Å²) in [6.45, 7) is 4.25. The highest BCUT2D eigenvalue weighted by atomic mass is 79.9. The van der Waals surface area contributed by atoms with Crippen LogP contribution in [-0.4, -0.2) is 17.1 Å². The van der Waals surface area contributed by atoms with Crippen molar-refractivity contribution in [3.8, 4) is 5.75 Å². The molecule has 10 heteroatoms. The quantitative estimate of drug-likeness (QED) is 0.306. The van der Waals surface area contributed by atoms with Crippen molar-refractivity contribution in [3.05, 3.63) is 112 Å². The van der Waals surface area contributed by atoms with Crippen molar-refractivity contribution >= 4 is 60.9 Å². The summed E-state index contributed by atoms with van der Waals surface area (Å²) in [4.78, 5) is 32.5. The number of para-hydroxylation sites is 1. The summed E-state index contributed by atoms with van der Waals surface area (Å²) in [5.41, 5.74) is 2.11. The van der Waals surface area contributed by atoms with Crippen LogP contribution in [0.5, 0.6) is 5.75 Å². The van der Waals surface area contributed by atoms with Crippen molar-refractivity contribution in [1.82, 2.24) is 4.57 Å². The molecule has 0 radical (unpaired) electrons. The zero-order valence-electron chi connectivity index (χ0n) is 19.8. The van der Waals surface area contributed by atoms with Gasteiger partial charge in [-0.25, -0.2) is 4.99 Å². The molecule has 188 valence electrons. The number of nitrogens with one attached hydrogen (secondary N) is 1. The van der Waals surface area contributed by atoms with Gasteiger partial charge in [0.1, 0.15) is 11.5 Å². The lowest BCUT2D eigenvalue weighted by Crippen LogP contribution is -2.40. The molecule has 1 aliphatic rings. The van der Waals surface area contributed by atoms with Gasteiger partial charge in [-0.1, -0.05) is 41.7 Å². The van der Waals surface area contributed by atoms with E-state index >= 15 is 0 Å². The van der Waals surface area contributed by atoms with Gasteiger partial charge in [0.05, 0.1) is 32.9 Å². The van der Waals surface area contributed by atoms with E-state index in [1.807, 2.05) is 61.5 Å². The summed E-state index contributed by atoms with van der Waals surface area (Å²) < 4.78 is 14.6. The molecule has 2 aromatic carbocycles. The fourth-order valence-electron chi connectivity index (χ4n) is 4.12. The van der Waals surface area contributed by atoms with E-state index in [0.29, 0.717) is 49.1 Å². The number of fused-ring (bicyclic) bond motifs is 1. The monoisotopic (exact) mass is 641 g/mol. The van der Waals surface area contributed by atoms with Crippen LogP contribution < -0.4 is 24.9 Å². The predicted molar refractivity (Wildman–Crippen MR) is 151 cm³/mol. The summed E-state index contributed by atoms with van der Waals surface area (Å²) >= 11 is 7.98. The number of ether oxygens (including phenoxy) is 1. The molecule has 0 aliphatic carbocycles. The Kier molecular flexibility index (Phi) is 7.32. The van der Waals surface area contributed by atoms with Gasteiger partial charge in [-0.2, -0.15) is 0 Å². The van der Waals surface area contributed by atoms with Crippen molar-refractivity contribution in [2.24, 2.45) is 4.99 Å². The Bertz CT molecular complexity index is 1670. The number of carbonyl (C=O) groups excluding carboxylic acids is 1. The second-order valence-electron chi connectivity index (χ2n) is 8.17. The number of thiazole rings is 1. The summed E-state index contributed by atoms with van der Waals surface area (Å²) in [7, 11) is 0. The smallest absolute Gasteiger partial charge is 0.271 e. The van der Waals surface area contributed by atoms with Crippen molar-refractivity contribution in [2.45, 2.75) is 19.9 Å². The van der Waals surface area contributed by atoms with E-state index in [4.69, 9.17) is 9.15 Å². The Balaban J connectivity index is 1.66. The van der Waals surface area contributed by atoms with Gasteiger partial charge < -0.3 is 14.5 Å². The number of amides is 1. The molecular weight excluding hydrogens is 622 g/mol. The van der Waals surface area contributed by atoms with Gasteiger partial charge >= 0.3 is 0 Å². The van der Waals surface area contributed by atoms with Crippen molar-refractivity contribution < 1.29 is 13.9 Å². The topological polar surface area (TPSA) is 85.8 Å². The second kappa shape index (κ2) is 10.6. The Morgan fingerprint density at radius 1 is 1.19 bits per heavy atom. The molecule has 0 spiro atoms. The van der Waals surface area contributed by atoms with E-state index < -0.39 is 6.04 Å². The number of allylic oxidation sites excluding steroid dienone is 1. The van der Waals surface area contributed by atoms with Crippen LogP contribution in [0.1, 0.15) is 31.2 Å². The molecule has 0 fully saturated rings.